The second kappa shape index (κ2) is 8.94. The van der Waals surface area contributed by atoms with Crippen molar-refractivity contribution < 1.29 is 0 Å². The number of likely N-dealkylation sites (tertiary alicyclic amines) is 1. The van der Waals surface area contributed by atoms with Crippen LogP contribution >= 0.6 is 0 Å². The minimum atomic E-state index is 0.427. The standard InChI is InChI=1S/C27H30N4/c1-30-26-15-9-8-14-25(26)29-27(30)28-23-16-17-31(20-22-12-6-3-7-13-22)24(19-23)18-21-10-4-2-5-11-21/h2-15,23-24H,16-20H2,1H3,(H,28,29)/t23-,24-/m0/s1. The summed E-state index contributed by atoms with van der Waals surface area (Å²) in [6.45, 7) is 2.10. The van der Waals surface area contributed by atoms with Crippen LogP contribution in [0.2, 0.25) is 0 Å². The first-order chi connectivity index (χ1) is 15.3. The van der Waals surface area contributed by atoms with Crippen molar-refractivity contribution >= 4 is 17.0 Å². The molecule has 4 nitrogen and oxygen atoms in total. The number of hydrogen-bond donors (Lipinski definition) is 1. The summed E-state index contributed by atoms with van der Waals surface area (Å²) in [6, 6.07) is 31.0. The number of imidazole rings is 1. The minimum Gasteiger partial charge on any atom is -0.353 e. The normalized spacial score (nSPS) is 19.5. The molecule has 0 saturated carbocycles. The van der Waals surface area contributed by atoms with Crippen LogP contribution in [0, 0.1) is 0 Å². The topological polar surface area (TPSA) is 33.1 Å². The van der Waals surface area contributed by atoms with Gasteiger partial charge in [0, 0.05) is 32.2 Å². The Labute approximate surface area is 184 Å². The van der Waals surface area contributed by atoms with Gasteiger partial charge >= 0.3 is 0 Å². The first-order valence-electron chi connectivity index (χ1n) is 11.3. The van der Waals surface area contributed by atoms with Crippen molar-refractivity contribution in [3.63, 3.8) is 0 Å². The number of aromatic nitrogens is 2. The lowest BCUT2D eigenvalue weighted by Crippen LogP contribution is -2.47. The van der Waals surface area contributed by atoms with Crippen molar-refractivity contribution in [1.29, 1.82) is 0 Å². The first kappa shape index (κ1) is 19.8. The number of aryl methyl sites for hydroxylation is 1. The van der Waals surface area contributed by atoms with Gasteiger partial charge in [0.15, 0.2) is 0 Å². The fourth-order valence-corrected chi connectivity index (χ4v) is 4.81. The monoisotopic (exact) mass is 410 g/mol. The van der Waals surface area contributed by atoms with Crippen LogP contribution in [0.3, 0.4) is 0 Å². The number of rotatable bonds is 6. The van der Waals surface area contributed by atoms with Gasteiger partial charge < -0.3 is 9.88 Å². The van der Waals surface area contributed by atoms with E-state index >= 15 is 0 Å². The van der Waals surface area contributed by atoms with E-state index in [0.717, 1.165) is 43.8 Å². The summed E-state index contributed by atoms with van der Waals surface area (Å²) >= 11 is 0. The Morgan fingerprint density at radius 2 is 1.55 bits per heavy atom. The van der Waals surface area contributed by atoms with E-state index in [9.17, 15) is 0 Å². The van der Waals surface area contributed by atoms with Crippen LogP contribution in [0.4, 0.5) is 5.95 Å². The Hall–Kier alpha value is -3.11. The van der Waals surface area contributed by atoms with Crippen molar-refractivity contribution in [2.75, 3.05) is 11.9 Å². The number of piperidine rings is 1. The third-order valence-corrected chi connectivity index (χ3v) is 6.50. The molecule has 1 N–H and O–H groups in total. The molecule has 158 valence electrons. The zero-order valence-corrected chi connectivity index (χ0v) is 18.1. The van der Waals surface area contributed by atoms with Crippen LogP contribution in [-0.4, -0.2) is 33.1 Å². The van der Waals surface area contributed by atoms with Gasteiger partial charge in [-0.05, 0) is 42.5 Å². The molecule has 1 aliphatic heterocycles. The Kier molecular flexibility index (Phi) is 5.72. The molecule has 4 aromatic rings. The molecule has 1 aliphatic rings. The van der Waals surface area contributed by atoms with E-state index in [0.29, 0.717) is 12.1 Å². The van der Waals surface area contributed by atoms with Gasteiger partial charge in [0.05, 0.1) is 11.0 Å². The quantitative estimate of drug-likeness (QED) is 0.471. The molecule has 3 aromatic carbocycles. The van der Waals surface area contributed by atoms with Crippen LogP contribution in [0.15, 0.2) is 84.9 Å². The second-order valence-corrected chi connectivity index (χ2v) is 8.65. The summed E-state index contributed by atoms with van der Waals surface area (Å²) in [7, 11) is 2.10. The van der Waals surface area contributed by atoms with Crippen molar-refractivity contribution in [2.24, 2.45) is 7.05 Å². The molecule has 0 spiro atoms. The Bertz CT molecular complexity index is 1120. The average molecular weight is 411 g/mol. The largest absolute Gasteiger partial charge is 0.353 e. The highest BCUT2D eigenvalue weighted by atomic mass is 15.2. The second-order valence-electron chi connectivity index (χ2n) is 8.65. The summed E-state index contributed by atoms with van der Waals surface area (Å²) < 4.78 is 2.18. The summed E-state index contributed by atoms with van der Waals surface area (Å²) in [4.78, 5) is 7.50. The highest BCUT2D eigenvalue weighted by molar-refractivity contribution is 5.78. The predicted octanol–water partition coefficient (Wildman–Crippen LogP) is 5.26. The fourth-order valence-electron chi connectivity index (χ4n) is 4.81. The zero-order chi connectivity index (χ0) is 21.0. The molecular weight excluding hydrogens is 380 g/mol. The van der Waals surface area contributed by atoms with E-state index in [1.165, 1.54) is 16.6 Å². The van der Waals surface area contributed by atoms with Crippen LogP contribution in [0.1, 0.15) is 24.0 Å². The summed E-state index contributed by atoms with van der Waals surface area (Å²) in [5.41, 5.74) is 5.03. The van der Waals surface area contributed by atoms with E-state index in [1.54, 1.807) is 0 Å². The van der Waals surface area contributed by atoms with E-state index in [4.69, 9.17) is 4.98 Å². The van der Waals surface area contributed by atoms with Gasteiger partial charge in [-0.15, -0.1) is 0 Å². The molecule has 0 amide bonds. The van der Waals surface area contributed by atoms with Gasteiger partial charge in [-0.3, -0.25) is 4.90 Å². The van der Waals surface area contributed by atoms with Crippen molar-refractivity contribution in [3.8, 4) is 0 Å². The molecule has 0 bridgehead atoms. The fraction of sp³-hybridized carbons (Fsp3) is 0.296. The van der Waals surface area contributed by atoms with Crippen molar-refractivity contribution in [2.45, 2.75) is 37.9 Å². The van der Waals surface area contributed by atoms with Gasteiger partial charge in [0.25, 0.3) is 0 Å². The summed E-state index contributed by atoms with van der Waals surface area (Å²) in [5.74, 6) is 0.973. The Morgan fingerprint density at radius 3 is 2.29 bits per heavy atom. The lowest BCUT2D eigenvalue weighted by Gasteiger charge is -2.40. The van der Waals surface area contributed by atoms with E-state index in [-0.39, 0.29) is 0 Å². The highest BCUT2D eigenvalue weighted by Gasteiger charge is 2.29. The maximum Gasteiger partial charge on any atom is 0.203 e. The van der Waals surface area contributed by atoms with Crippen LogP contribution < -0.4 is 5.32 Å². The van der Waals surface area contributed by atoms with Gasteiger partial charge in [0.2, 0.25) is 5.95 Å². The molecule has 0 radical (unpaired) electrons. The number of para-hydroxylation sites is 2. The van der Waals surface area contributed by atoms with Crippen LogP contribution in [0.5, 0.6) is 0 Å². The lowest BCUT2D eigenvalue weighted by molar-refractivity contribution is 0.131. The molecular formula is C27H30N4. The molecule has 0 unspecified atom stereocenters. The van der Waals surface area contributed by atoms with Gasteiger partial charge in [-0.2, -0.15) is 0 Å². The number of anilines is 1. The molecule has 2 atom stereocenters. The van der Waals surface area contributed by atoms with E-state index in [1.807, 2.05) is 0 Å². The van der Waals surface area contributed by atoms with Crippen molar-refractivity contribution in [1.82, 2.24) is 14.5 Å². The van der Waals surface area contributed by atoms with Crippen LogP contribution in [0.25, 0.3) is 11.0 Å². The molecule has 1 fully saturated rings. The molecule has 4 heteroatoms. The minimum absolute atomic E-state index is 0.427. The number of fused-ring (bicyclic) bond motifs is 1. The van der Waals surface area contributed by atoms with Gasteiger partial charge in [-0.1, -0.05) is 72.8 Å². The van der Waals surface area contributed by atoms with E-state index < -0.39 is 0 Å². The summed E-state index contributed by atoms with van der Waals surface area (Å²) in [5, 5.41) is 3.76. The first-order valence-corrected chi connectivity index (χ1v) is 11.3. The Balaban J connectivity index is 1.34. The van der Waals surface area contributed by atoms with E-state index in [2.05, 4.69) is 107 Å². The van der Waals surface area contributed by atoms with Gasteiger partial charge in [-0.25, -0.2) is 4.98 Å². The molecule has 1 saturated heterocycles. The molecule has 31 heavy (non-hydrogen) atoms. The van der Waals surface area contributed by atoms with Gasteiger partial charge in [0.1, 0.15) is 0 Å². The number of benzene rings is 3. The molecule has 5 rings (SSSR count). The Morgan fingerprint density at radius 1 is 0.871 bits per heavy atom. The zero-order valence-electron chi connectivity index (χ0n) is 18.1. The maximum absolute atomic E-state index is 4.84. The SMILES string of the molecule is Cn1c(N[C@H]2CCN(Cc3ccccc3)[C@@H](Cc3ccccc3)C2)nc2ccccc21. The lowest BCUT2D eigenvalue weighted by atomic mass is 9.91. The van der Waals surface area contributed by atoms with Crippen molar-refractivity contribution in [3.05, 3.63) is 96.1 Å². The maximum atomic E-state index is 4.84. The number of hydrogen-bond acceptors (Lipinski definition) is 3. The number of nitrogens with zero attached hydrogens (tertiary/aromatic N) is 3. The predicted molar refractivity (Wildman–Crippen MR) is 128 cm³/mol. The third kappa shape index (κ3) is 4.49. The molecule has 2 heterocycles. The molecule has 0 aliphatic carbocycles. The third-order valence-electron chi connectivity index (χ3n) is 6.50. The summed E-state index contributed by atoms with van der Waals surface area (Å²) in [6.07, 6.45) is 3.32. The number of nitrogens with one attached hydrogen (secondary N) is 1. The smallest absolute Gasteiger partial charge is 0.203 e. The highest BCUT2D eigenvalue weighted by Crippen LogP contribution is 2.26. The molecule has 1 aromatic heterocycles. The average Bonchev–Trinajstić information content (AvgIpc) is 3.12. The van der Waals surface area contributed by atoms with Crippen LogP contribution in [-0.2, 0) is 20.0 Å².